The van der Waals surface area contributed by atoms with Crippen molar-refractivity contribution in [1.82, 2.24) is 14.9 Å². The molecule has 0 spiro atoms. The number of sulfonamides is 1. The van der Waals surface area contributed by atoms with Crippen molar-refractivity contribution in [2.75, 3.05) is 23.1 Å². The summed E-state index contributed by atoms with van der Waals surface area (Å²) in [5, 5.41) is 3.24. The summed E-state index contributed by atoms with van der Waals surface area (Å²) < 4.78 is 33.7. The number of pyridine rings is 2. The van der Waals surface area contributed by atoms with Crippen molar-refractivity contribution in [3.05, 3.63) is 90.8 Å². The van der Waals surface area contributed by atoms with Crippen LogP contribution in [0.1, 0.15) is 10.4 Å². The minimum Gasteiger partial charge on any atom is -0.442 e. The number of benzene rings is 2. The molecule has 2 N–H and O–H groups in total. The van der Waals surface area contributed by atoms with E-state index in [0.29, 0.717) is 28.0 Å². The van der Waals surface area contributed by atoms with Gasteiger partial charge in [-0.2, -0.15) is 0 Å². The van der Waals surface area contributed by atoms with Gasteiger partial charge >= 0.3 is 6.09 Å². The molecule has 0 saturated carbocycles. The van der Waals surface area contributed by atoms with Crippen LogP contribution in [-0.4, -0.2) is 54.5 Å². The van der Waals surface area contributed by atoms with E-state index in [1.807, 2.05) is 0 Å². The third kappa shape index (κ3) is 4.96. The number of hydrogen-bond acceptors (Lipinski definition) is 7. The van der Waals surface area contributed by atoms with Crippen LogP contribution in [0.4, 0.5) is 16.3 Å². The van der Waals surface area contributed by atoms with E-state index in [1.165, 1.54) is 18.2 Å². The molecule has 0 aliphatic carbocycles. The Morgan fingerprint density at radius 1 is 0.889 bits per heavy atom. The second kappa shape index (κ2) is 9.62. The lowest BCUT2D eigenvalue weighted by molar-refractivity contribution is -0.00207. The number of para-hydroxylation sites is 1. The second-order valence-electron chi connectivity index (χ2n) is 8.09. The molecule has 182 valence electrons. The standard InChI is InChI=1S/C25H21N5O5S/c31-24(30-15-20(16-30)35-25(32)28-22-8-1-2-13-26-22)18-9-11-19(12-10-18)29-36(33,34)21-7-3-5-17-6-4-14-27-23(17)21/h1-14,20,29H,15-16H2,(H,26,28,32). The number of carbonyl (C=O) groups excluding carboxylic acids is 2. The molecular formula is C25H21N5O5S. The maximum Gasteiger partial charge on any atom is 0.413 e. The molecule has 11 heteroatoms. The number of anilines is 2. The lowest BCUT2D eigenvalue weighted by Gasteiger charge is -2.38. The zero-order valence-electron chi connectivity index (χ0n) is 18.9. The number of hydrogen-bond donors (Lipinski definition) is 2. The average molecular weight is 504 g/mol. The van der Waals surface area contributed by atoms with Gasteiger partial charge in [-0.3, -0.25) is 19.8 Å². The van der Waals surface area contributed by atoms with Crippen molar-refractivity contribution in [1.29, 1.82) is 0 Å². The van der Waals surface area contributed by atoms with Gasteiger partial charge in [-0.05, 0) is 48.5 Å². The summed E-state index contributed by atoms with van der Waals surface area (Å²) in [7, 11) is -3.89. The van der Waals surface area contributed by atoms with Gasteiger partial charge in [-0.25, -0.2) is 18.2 Å². The predicted molar refractivity (Wildman–Crippen MR) is 133 cm³/mol. The van der Waals surface area contributed by atoms with E-state index in [-0.39, 0.29) is 23.9 Å². The molecule has 0 radical (unpaired) electrons. The Balaban J connectivity index is 1.17. The highest BCUT2D eigenvalue weighted by Gasteiger charge is 2.34. The van der Waals surface area contributed by atoms with Gasteiger partial charge in [0.2, 0.25) is 0 Å². The van der Waals surface area contributed by atoms with Gasteiger partial charge in [0, 0.05) is 29.0 Å². The molecule has 2 amide bonds. The molecule has 1 fully saturated rings. The van der Waals surface area contributed by atoms with Gasteiger partial charge in [0.1, 0.15) is 16.8 Å². The molecule has 1 aliphatic heterocycles. The van der Waals surface area contributed by atoms with Crippen LogP contribution in [0, 0.1) is 0 Å². The zero-order valence-corrected chi connectivity index (χ0v) is 19.7. The van der Waals surface area contributed by atoms with E-state index in [4.69, 9.17) is 4.74 Å². The van der Waals surface area contributed by atoms with E-state index < -0.39 is 22.2 Å². The van der Waals surface area contributed by atoms with Crippen molar-refractivity contribution < 1.29 is 22.7 Å². The quantitative estimate of drug-likeness (QED) is 0.412. The number of ether oxygens (including phenoxy) is 1. The lowest BCUT2D eigenvalue weighted by Crippen LogP contribution is -2.55. The molecule has 4 aromatic rings. The van der Waals surface area contributed by atoms with Crippen molar-refractivity contribution in [2.24, 2.45) is 0 Å². The van der Waals surface area contributed by atoms with E-state index in [1.54, 1.807) is 71.9 Å². The summed E-state index contributed by atoms with van der Waals surface area (Å²) in [6, 6.07) is 19.7. The first kappa shape index (κ1) is 23.2. The molecule has 0 unspecified atom stereocenters. The fourth-order valence-corrected chi connectivity index (χ4v) is 5.01. The topological polar surface area (TPSA) is 131 Å². The summed E-state index contributed by atoms with van der Waals surface area (Å²) in [5.74, 6) is 0.134. The summed E-state index contributed by atoms with van der Waals surface area (Å²) in [4.78, 5) is 34.5. The zero-order chi connectivity index (χ0) is 25.1. The maximum atomic E-state index is 13.0. The fourth-order valence-electron chi connectivity index (χ4n) is 3.77. The SMILES string of the molecule is O=C(Nc1ccccn1)OC1CN(C(=O)c2ccc(NS(=O)(=O)c3cccc4cccnc34)cc2)C1. The van der Waals surface area contributed by atoms with Crippen LogP contribution < -0.4 is 10.0 Å². The van der Waals surface area contributed by atoms with E-state index in [9.17, 15) is 18.0 Å². The summed E-state index contributed by atoms with van der Waals surface area (Å²) in [6.45, 7) is 0.522. The molecule has 10 nitrogen and oxygen atoms in total. The minimum absolute atomic E-state index is 0.0689. The Kier molecular flexibility index (Phi) is 6.21. The van der Waals surface area contributed by atoms with Crippen molar-refractivity contribution >= 4 is 44.4 Å². The summed E-state index contributed by atoms with van der Waals surface area (Å²) >= 11 is 0. The molecule has 3 heterocycles. The maximum absolute atomic E-state index is 13.0. The molecule has 1 saturated heterocycles. The number of fused-ring (bicyclic) bond motifs is 1. The Labute approximate surface area is 207 Å². The van der Waals surface area contributed by atoms with E-state index in [2.05, 4.69) is 20.0 Å². The second-order valence-corrected chi connectivity index (χ2v) is 9.74. The van der Waals surface area contributed by atoms with Gasteiger partial charge in [0.25, 0.3) is 15.9 Å². The largest absolute Gasteiger partial charge is 0.442 e. The van der Waals surface area contributed by atoms with Crippen LogP contribution in [-0.2, 0) is 14.8 Å². The number of amides is 2. The number of rotatable bonds is 6. The van der Waals surface area contributed by atoms with Gasteiger partial charge in [0.15, 0.2) is 0 Å². The van der Waals surface area contributed by atoms with E-state index in [0.717, 1.165) is 0 Å². The molecule has 2 aromatic heterocycles. The van der Waals surface area contributed by atoms with Crippen LogP contribution >= 0.6 is 0 Å². The summed E-state index contributed by atoms with van der Waals surface area (Å²) in [6.07, 6.45) is 2.04. The van der Waals surface area contributed by atoms with Crippen molar-refractivity contribution in [3.63, 3.8) is 0 Å². The molecule has 36 heavy (non-hydrogen) atoms. The predicted octanol–water partition coefficient (Wildman–Crippen LogP) is 3.50. The van der Waals surface area contributed by atoms with Crippen LogP contribution in [0.5, 0.6) is 0 Å². The highest BCUT2D eigenvalue weighted by atomic mass is 32.2. The van der Waals surface area contributed by atoms with Crippen LogP contribution in [0.3, 0.4) is 0 Å². The minimum atomic E-state index is -3.89. The van der Waals surface area contributed by atoms with E-state index >= 15 is 0 Å². The third-order valence-corrected chi connectivity index (χ3v) is 6.99. The normalized spacial score (nSPS) is 13.6. The van der Waals surface area contributed by atoms with Crippen molar-refractivity contribution in [2.45, 2.75) is 11.0 Å². The Morgan fingerprint density at radius 3 is 2.39 bits per heavy atom. The Hall–Kier alpha value is -4.51. The monoisotopic (exact) mass is 503 g/mol. The molecule has 0 atom stereocenters. The van der Waals surface area contributed by atoms with Gasteiger partial charge in [0.05, 0.1) is 18.6 Å². The molecule has 1 aliphatic rings. The molecule has 2 aromatic carbocycles. The van der Waals surface area contributed by atoms with Crippen LogP contribution in [0.2, 0.25) is 0 Å². The third-order valence-electron chi connectivity index (χ3n) is 5.57. The smallest absolute Gasteiger partial charge is 0.413 e. The van der Waals surface area contributed by atoms with Crippen molar-refractivity contribution in [3.8, 4) is 0 Å². The van der Waals surface area contributed by atoms with Gasteiger partial charge in [-0.1, -0.05) is 24.3 Å². The summed E-state index contributed by atoms with van der Waals surface area (Å²) in [5.41, 5.74) is 1.08. The number of aromatic nitrogens is 2. The van der Waals surface area contributed by atoms with Crippen LogP contribution in [0.25, 0.3) is 10.9 Å². The first-order chi connectivity index (χ1) is 17.4. The highest BCUT2D eigenvalue weighted by molar-refractivity contribution is 7.93. The number of nitrogens with zero attached hydrogens (tertiary/aromatic N) is 3. The first-order valence-electron chi connectivity index (χ1n) is 11.0. The van der Waals surface area contributed by atoms with Gasteiger partial charge in [-0.15, -0.1) is 0 Å². The Bertz CT molecular complexity index is 1520. The first-order valence-corrected chi connectivity index (χ1v) is 12.5. The fraction of sp³-hybridized carbons (Fsp3) is 0.120. The molecule has 0 bridgehead atoms. The Morgan fingerprint density at radius 2 is 1.64 bits per heavy atom. The van der Waals surface area contributed by atoms with Gasteiger partial charge < -0.3 is 9.64 Å². The van der Waals surface area contributed by atoms with Crippen LogP contribution in [0.15, 0.2) is 90.1 Å². The average Bonchev–Trinajstić information content (AvgIpc) is 2.86. The number of likely N-dealkylation sites (tertiary alicyclic amines) is 1. The highest BCUT2D eigenvalue weighted by Crippen LogP contribution is 2.24. The number of carbonyl (C=O) groups is 2. The lowest BCUT2D eigenvalue weighted by atomic mass is 10.1. The number of nitrogens with one attached hydrogen (secondary N) is 2. The molecular weight excluding hydrogens is 482 g/mol. The molecule has 5 rings (SSSR count).